The predicted molar refractivity (Wildman–Crippen MR) is 180 cm³/mol. The second-order valence-electron chi connectivity index (χ2n) is 13.7. The van der Waals surface area contributed by atoms with Gasteiger partial charge in [-0.3, -0.25) is 19.2 Å². The Kier molecular flexibility index (Phi) is 11.4. The number of amides is 1. The zero-order valence-corrected chi connectivity index (χ0v) is 29.1. The summed E-state index contributed by atoms with van der Waals surface area (Å²) < 4.78 is 19.8. The van der Waals surface area contributed by atoms with Gasteiger partial charge in [0.25, 0.3) is 0 Å². The minimum atomic E-state index is -1.18. The fourth-order valence-electron chi connectivity index (χ4n) is 7.40. The van der Waals surface area contributed by atoms with E-state index in [0.29, 0.717) is 38.0 Å². The molecule has 2 aromatic rings. The number of carbonyl (C=O) groups is 3. The van der Waals surface area contributed by atoms with Gasteiger partial charge in [0.2, 0.25) is 0 Å². The van der Waals surface area contributed by atoms with E-state index >= 15 is 0 Å². The molecule has 0 bridgehead atoms. The number of ether oxygens (including phenoxy) is 3. The van der Waals surface area contributed by atoms with Gasteiger partial charge in [-0.2, -0.15) is 0 Å². The maximum Gasteiger partial charge on any atom is 0.410 e. The Balaban J connectivity index is 1.55. The lowest BCUT2D eigenvalue weighted by molar-refractivity contribution is -0.170. The lowest BCUT2D eigenvalue weighted by Crippen LogP contribution is -2.62. The van der Waals surface area contributed by atoms with Crippen LogP contribution in [0.4, 0.5) is 10.5 Å². The molecule has 1 aromatic heterocycles. The Morgan fingerprint density at radius 2 is 1.83 bits per heavy atom. The fraction of sp³-hybridized carbons (Fsp3) is 0.676. The van der Waals surface area contributed by atoms with Crippen molar-refractivity contribution in [3.63, 3.8) is 0 Å². The first-order chi connectivity index (χ1) is 22.1. The quantitative estimate of drug-likeness (QED) is 0.140. The van der Waals surface area contributed by atoms with Gasteiger partial charge in [-0.1, -0.05) is 31.2 Å². The molecule has 0 spiro atoms. The number of hydrogen-bond acceptors (Lipinski definition) is 10. The number of unbranched alkanes of at least 4 members (excludes halogenated alkanes) is 1. The normalized spacial score (nSPS) is 34.0. The van der Waals surface area contributed by atoms with Gasteiger partial charge in [-0.05, 0) is 78.3 Å². The number of methoxy groups -OCH3 is 1. The molecule has 1 aromatic carbocycles. The maximum atomic E-state index is 13.6. The summed E-state index contributed by atoms with van der Waals surface area (Å²) in [7, 11) is 8.23. The van der Waals surface area contributed by atoms with Crippen molar-refractivity contribution < 1.29 is 28.6 Å². The molecule has 3 heterocycles. The van der Waals surface area contributed by atoms with E-state index in [2.05, 4.69) is 15.6 Å². The summed E-state index contributed by atoms with van der Waals surface area (Å²) in [4.78, 5) is 42.2. The number of anilines is 1. The molecule has 2 aliphatic heterocycles. The number of nitrogens with zero attached hydrogens (tertiary/aromatic N) is 4. The molecule has 9 atom stereocenters. The highest BCUT2D eigenvalue weighted by Gasteiger charge is 2.58. The van der Waals surface area contributed by atoms with Crippen molar-refractivity contribution in [2.75, 3.05) is 19.4 Å². The van der Waals surface area contributed by atoms with Crippen LogP contribution in [0.25, 0.3) is 11.3 Å². The van der Waals surface area contributed by atoms with Crippen LogP contribution in [0.3, 0.4) is 0 Å². The summed E-state index contributed by atoms with van der Waals surface area (Å²) >= 11 is 0. The number of esters is 1. The summed E-state index contributed by atoms with van der Waals surface area (Å²) in [6.07, 6.45) is 2.93. The molecule has 13 heteroatoms. The number of Topliss-reactive ketones (excluding diaryl/α,β-unsaturated/α-hetero) is 1. The second-order valence-corrected chi connectivity index (χ2v) is 13.7. The van der Waals surface area contributed by atoms with Crippen molar-refractivity contribution in [1.29, 1.82) is 0 Å². The monoisotopic (exact) mass is 650 g/mol. The lowest BCUT2D eigenvalue weighted by Gasteiger charge is -2.44. The maximum absolute atomic E-state index is 13.6. The second kappa shape index (κ2) is 14.8. The number of hydrogen-bond donors (Lipinski definition) is 2. The molecule has 0 unspecified atom stereocenters. The number of nitrogen functional groups attached to an aromatic ring is 1. The first kappa shape index (κ1) is 36.4. The van der Waals surface area contributed by atoms with Crippen LogP contribution in [0.1, 0.15) is 74.1 Å². The number of fused-ring (bicyclic) bond motifs is 1. The number of cyclic esters (lactones) is 1. The topological polar surface area (TPSA) is 151 Å². The third-order valence-electron chi connectivity index (χ3n) is 10.2. The molecular formula is C34H51BN6O6. The lowest BCUT2D eigenvalue weighted by atomic mass is 9.63. The van der Waals surface area contributed by atoms with Gasteiger partial charge in [-0.15, -0.1) is 5.10 Å². The van der Waals surface area contributed by atoms with E-state index in [-0.39, 0.29) is 17.9 Å². The standard InChI is InChI=1S/C34H51BN6O6/c1-9-27-34(7)30(23(5)37-20(2)18-33(6,45-8)29(35)21(3)28(42)22(4)31(43)46-27)41(32(44)47-34)16-11-10-15-40-19-26(38-39-40)24-13-12-14-25(36)17-24/h12-14,17,19-23,27,29-30,37H,9-11,15-16,18,36H2,1-8H3/t20-,21+,22-,23-,27-,29-,30-,33-,34-/m1/s1. The van der Waals surface area contributed by atoms with E-state index in [1.807, 2.05) is 65.1 Å². The van der Waals surface area contributed by atoms with Crippen molar-refractivity contribution in [2.24, 2.45) is 11.8 Å². The molecule has 3 N–H and O–H groups in total. The van der Waals surface area contributed by atoms with Gasteiger partial charge in [0.15, 0.2) is 5.60 Å². The van der Waals surface area contributed by atoms with E-state index in [9.17, 15) is 14.4 Å². The number of aromatic nitrogens is 3. The van der Waals surface area contributed by atoms with Crippen molar-refractivity contribution >= 4 is 31.4 Å². The SMILES string of the molecule is [B][C@@H]1[C@@H](C)C(=O)[C@@H](C)C(=O)O[C@H](CC)[C@@]2(C)OC(=O)N(CCCCn3cc(-c4cccc(N)c4)nn3)[C@@H]2[C@@H](C)N[C@H](C)C[C@@]1(C)OC. The Morgan fingerprint density at radius 3 is 2.49 bits per heavy atom. The van der Waals surface area contributed by atoms with Crippen molar-refractivity contribution in [3.05, 3.63) is 30.5 Å². The summed E-state index contributed by atoms with van der Waals surface area (Å²) in [5.74, 6) is -3.34. The average Bonchev–Trinajstić information content (AvgIpc) is 3.61. The van der Waals surface area contributed by atoms with Crippen LogP contribution in [-0.2, 0) is 30.3 Å². The summed E-state index contributed by atoms with van der Waals surface area (Å²) in [6.45, 7) is 14.0. The molecule has 4 rings (SSSR count). The van der Waals surface area contributed by atoms with Crippen LogP contribution in [0.5, 0.6) is 0 Å². The van der Waals surface area contributed by atoms with Crippen LogP contribution in [-0.4, -0.2) is 94.7 Å². The zero-order valence-electron chi connectivity index (χ0n) is 29.1. The van der Waals surface area contributed by atoms with Crippen molar-refractivity contribution in [3.8, 4) is 11.3 Å². The van der Waals surface area contributed by atoms with E-state index in [4.69, 9.17) is 27.8 Å². The molecule has 0 saturated carbocycles. The number of ketones is 1. The van der Waals surface area contributed by atoms with Gasteiger partial charge < -0.3 is 25.3 Å². The number of benzene rings is 1. The molecule has 2 fully saturated rings. The molecule has 47 heavy (non-hydrogen) atoms. The molecule has 1 amide bonds. The van der Waals surface area contributed by atoms with E-state index in [0.717, 1.165) is 17.7 Å². The average molecular weight is 651 g/mol. The van der Waals surface area contributed by atoms with E-state index < -0.39 is 53.1 Å². The van der Waals surface area contributed by atoms with E-state index in [1.165, 1.54) is 0 Å². The number of aryl methyl sites for hydroxylation is 1. The number of carbonyl (C=O) groups excluding carboxylic acids is 3. The first-order valence-corrected chi connectivity index (χ1v) is 16.7. The van der Waals surface area contributed by atoms with Crippen LogP contribution < -0.4 is 11.1 Å². The summed E-state index contributed by atoms with van der Waals surface area (Å²) in [5, 5.41) is 12.2. The van der Waals surface area contributed by atoms with E-state index in [1.54, 1.807) is 30.5 Å². The third kappa shape index (κ3) is 7.67. The highest BCUT2D eigenvalue weighted by Crippen LogP contribution is 2.40. The Morgan fingerprint density at radius 1 is 1.13 bits per heavy atom. The van der Waals surface area contributed by atoms with Crippen molar-refractivity contribution in [2.45, 2.75) is 122 Å². The van der Waals surface area contributed by atoms with Gasteiger partial charge in [0.05, 0.1) is 25.7 Å². The zero-order chi connectivity index (χ0) is 34.7. The summed E-state index contributed by atoms with van der Waals surface area (Å²) in [6, 6.07) is 6.66. The van der Waals surface area contributed by atoms with Crippen molar-refractivity contribution in [1.82, 2.24) is 25.2 Å². The van der Waals surface area contributed by atoms with Crippen LogP contribution >= 0.6 is 0 Å². The summed E-state index contributed by atoms with van der Waals surface area (Å²) in [5.41, 5.74) is 6.18. The predicted octanol–water partition coefficient (Wildman–Crippen LogP) is 4.18. The highest BCUT2D eigenvalue weighted by atomic mass is 16.6. The number of rotatable bonds is 8. The smallest absolute Gasteiger partial charge is 0.410 e. The Labute approximate surface area is 279 Å². The molecule has 2 aliphatic rings. The Bertz CT molecular complexity index is 1420. The third-order valence-corrected chi connectivity index (χ3v) is 10.2. The van der Waals surface area contributed by atoms with Gasteiger partial charge in [0.1, 0.15) is 23.5 Å². The van der Waals surface area contributed by atoms with Gasteiger partial charge in [0, 0.05) is 49.5 Å². The highest BCUT2D eigenvalue weighted by molar-refractivity contribution is 6.15. The number of nitrogens with one attached hydrogen (secondary N) is 1. The Hall–Kier alpha value is -3.45. The molecule has 256 valence electrons. The minimum Gasteiger partial charge on any atom is -0.458 e. The molecule has 0 aliphatic carbocycles. The van der Waals surface area contributed by atoms with Crippen LogP contribution in [0.15, 0.2) is 30.5 Å². The van der Waals surface area contributed by atoms with Gasteiger partial charge in [-0.25, -0.2) is 4.79 Å². The molecular weight excluding hydrogens is 599 g/mol. The minimum absolute atomic E-state index is 0.102. The molecule has 2 radical (unpaired) electrons. The first-order valence-electron chi connectivity index (χ1n) is 16.7. The largest absolute Gasteiger partial charge is 0.458 e. The van der Waals surface area contributed by atoms with Crippen LogP contribution in [0, 0.1) is 11.8 Å². The molecule has 2 saturated heterocycles. The van der Waals surface area contributed by atoms with Gasteiger partial charge >= 0.3 is 12.1 Å². The van der Waals surface area contributed by atoms with Crippen LogP contribution in [0.2, 0.25) is 5.82 Å². The molecule has 12 nitrogen and oxygen atoms in total. The fourth-order valence-corrected chi connectivity index (χ4v) is 7.40. The number of nitrogens with two attached hydrogens (primary N) is 1.